The van der Waals surface area contributed by atoms with Gasteiger partial charge in [-0.25, -0.2) is 8.42 Å². The Kier molecular flexibility index (Phi) is 13.3. The van der Waals surface area contributed by atoms with Crippen LogP contribution in [0.15, 0.2) is 46.0 Å². The topological polar surface area (TPSA) is 34.1 Å². The molecule has 1 heterocycles. The van der Waals surface area contributed by atoms with E-state index in [1.165, 1.54) is 6.26 Å². The quantitative estimate of drug-likeness (QED) is 0.692. The number of benzene rings is 1. The van der Waals surface area contributed by atoms with Gasteiger partial charge in [-0.05, 0) is 36.2 Å². The first-order valence-electron chi connectivity index (χ1n) is 7.16. The van der Waals surface area contributed by atoms with Gasteiger partial charge in [-0.3, -0.25) is 0 Å². The van der Waals surface area contributed by atoms with Gasteiger partial charge in [0.15, 0.2) is 9.84 Å². The lowest BCUT2D eigenvalue weighted by molar-refractivity contribution is 0.601. The summed E-state index contributed by atoms with van der Waals surface area (Å²) in [6.07, 6.45) is 1.23. The fourth-order valence-corrected chi connectivity index (χ4v) is 2.85. The second-order valence-electron chi connectivity index (χ2n) is 3.83. The summed E-state index contributed by atoms with van der Waals surface area (Å²) < 4.78 is 22.3. The molecule has 0 radical (unpaired) electrons. The molecule has 2 rings (SSSR count). The molecule has 2 nitrogen and oxygen atoms in total. The molecule has 0 N–H and O–H groups in total. The van der Waals surface area contributed by atoms with Crippen molar-refractivity contribution in [3.8, 4) is 0 Å². The molecular weight excluding hydrogens is 300 g/mol. The van der Waals surface area contributed by atoms with Gasteiger partial charge in [0.2, 0.25) is 0 Å². The van der Waals surface area contributed by atoms with Crippen LogP contribution in [0.4, 0.5) is 0 Å². The predicted octanol–water partition coefficient (Wildman–Crippen LogP) is 5.51. The lowest BCUT2D eigenvalue weighted by Crippen LogP contribution is -1.99. The van der Waals surface area contributed by atoms with E-state index >= 15 is 0 Å². The van der Waals surface area contributed by atoms with Crippen molar-refractivity contribution in [3.63, 3.8) is 0 Å². The van der Waals surface area contributed by atoms with Crippen molar-refractivity contribution in [2.45, 2.75) is 46.4 Å². The molecule has 4 heteroatoms. The van der Waals surface area contributed by atoms with Gasteiger partial charge in [-0.2, -0.15) is 11.3 Å². The molecule has 0 aliphatic rings. The molecular formula is C17H28O2S2. The van der Waals surface area contributed by atoms with Crippen LogP contribution >= 0.6 is 11.3 Å². The highest BCUT2D eigenvalue weighted by atomic mass is 32.2. The zero-order valence-electron chi connectivity index (χ0n) is 14.2. The van der Waals surface area contributed by atoms with Gasteiger partial charge in [0.1, 0.15) is 0 Å². The standard InChI is InChI=1S/C9H12O2S.C4H4S.2C2H6/c1-7-4-5-9(8(2)6-7)12(3,10)11;1-2-4-5-3-1;2*1-2/h4-6H,1-3H3;1-4H;2*1-2H3. The van der Waals surface area contributed by atoms with Crippen molar-refractivity contribution in [2.24, 2.45) is 0 Å². The highest BCUT2D eigenvalue weighted by Crippen LogP contribution is 2.15. The zero-order chi connectivity index (χ0) is 16.9. The number of hydrogen-bond donors (Lipinski definition) is 0. The third-order valence-electron chi connectivity index (χ3n) is 2.16. The summed E-state index contributed by atoms with van der Waals surface area (Å²) in [5.74, 6) is 0. The van der Waals surface area contributed by atoms with E-state index in [9.17, 15) is 8.42 Å². The SMILES string of the molecule is CC.CC.Cc1ccc(S(C)(=O)=O)c(C)c1.c1ccsc1. The van der Waals surface area contributed by atoms with Crippen molar-refractivity contribution in [2.75, 3.05) is 6.26 Å². The Labute approximate surface area is 134 Å². The Hall–Kier alpha value is -1.13. The van der Waals surface area contributed by atoms with Crippen LogP contribution < -0.4 is 0 Å². The molecule has 0 saturated heterocycles. The molecule has 0 amide bonds. The van der Waals surface area contributed by atoms with Crippen molar-refractivity contribution >= 4 is 21.2 Å². The summed E-state index contributed by atoms with van der Waals surface area (Å²) in [5.41, 5.74) is 1.90. The first kappa shape index (κ1) is 22.2. The maximum atomic E-state index is 11.2. The van der Waals surface area contributed by atoms with Crippen LogP contribution in [0, 0.1) is 13.8 Å². The summed E-state index contributed by atoms with van der Waals surface area (Å²) >= 11 is 1.71. The Morgan fingerprint density at radius 2 is 1.38 bits per heavy atom. The van der Waals surface area contributed by atoms with Crippen molar-refractivity contribution in [1.29, 1.82) is 0 Å². The Bertz CT molecular complexity index is 539. The molecule has 0 spiro atoms. The smallest absolute Gasteiger partial charge is 0.175 e. The summed E-state index contributed by atoms with van der Waals surface area (Å²) in [6, 6.07) is 9.37. The van der Waals surface area contributed by atoms with E-state index in [4.69, 9.17) is 0 Å². The Morgan fingerprint density at radius 1 is 0.905 bits per heavy atom. The van der Waals surface area contributed by atoms with Crippen LogP contribution in [0.1, 0.15) is 38.8 Å². The van der Waals surface area contributed by atoms with Crippen LogP contribution in [-0.4, -0.2) is 14.7 Å². The van der Waals surface area contributed by atoms with Crippen molar-refractivity contribution < 1.29 is 8.42 Å². The number of thiophene rings is 1. The van der Waals surface area contributed by atoms with Crippen LogP contribution in [0.25, 0.3) is 0 Å². The summed E-state index contributed by atoms with van der Waals surface area (Å²) in [7, 11) is -3.05. The number of rotatable bonds is 1. The Balaban J connectivity index is 0. The van der Waals surface area contributed by atoms with Gasteiger partial charge in [0, 0.05) is 6.26 Å². The van der Waals surface area contributed by atoms with E-state index < -0.39 is 9.84 Å². The molecule has 2 aromatic rings. The maximum absolute atomic E-state index is 11.2. The van der Waals surface area contributed by atoms with Crippen LogP contribution in [-0.2, 0) is 9.84 Å². The van der Waals surface area contributed by atoms with Gasteiger partial charge in [0.25, 0.3) is 0 Å². The lowest BCUT2D eigenvalue weighted by atomic mass is 10.2. The van der Waals surface area contributed by atoms with Crippen LogP contribution in [0.3, 0.4) is 0 Å². The third-order valence-corrected chi connectivity index (χ3v) is 4.04. The average Bonchev–Trinajstić information content (AvgIpc) is 3.01. The fourth-order valence-electron chi connectivity index (χ4n) is 1.44. The lowest BCUT2D eigenvalue weighted by Gasteiger charge is -2.03. The number of sulfone groups is 1. The monoisotopic (exact) mass is 328 g/mol. The summed E-state index contributed by atoms with van der Waals surface area (Å²) in [4.78, 5) is 0.424. The van der Waals surface area contributed by atoms with E-state index in [1.807, 2.05) is 76.6 Å². The zero-order valence-corrected chi connectivity index (χ0v) is 15.8. The normalized spacial score (nSPS) is 9.10. The fraction of sp³-hybridized carbons (Fsp3) is 0.412. The first-order valence-corrected chi connectivity index (χ1v) is 9.99. The van der Waals surface area contributed by atoms with Crippen molar-refractivity contribution in [3.05, 3.63) is 52.2 Å². The van der Waals surface area contributed by atoms with Gasteiger partial charge in [-0.1, -0.05) is 57.5 Å². The van der Waals surface area contributed by atoms with E-state index in [1.54, 1.807) is 17.4 Å². The van der Waals surface area contributed by atoms with E-state index in [0.717, 1.165) is 11.1 Å². The maximum Gasteiger partial charge on any atom is 0.175 e. The molecule has 1 aromatic heterocycles. The minimum Gasteiger partial charge on any atom is -0.224 e. The molecule has 21 heavy (non-hydrogen) atoms. The first-order chi connectivity index (χ1) is 9.91. The minimum atomic E-state index is -3.05. The molecule has 0 unspecified atom stereocenters. The second kappa shape index (κ2) is 12.6. The molecule has 1 aromatic carbocycles. The highest BCUT2D eigenvalue weighted by Gasteiger charge is 2.09. The number of hydrogen-bond acceptors (Lipinski definition) is 3. The average molecular weight is 329 g/mol. The predicted molar refractivity (Wildman–Crippen MR) is 96.0 cm³/mol. The van der Waals surface area contributed by atoms with Gasteiger partial charge >= 0.3 is 0 Å². The third kappa shape index (κ3) is 10.3. The highest BCUT2D eigenvalue weighted by molar-refractivity contribution is 7.90. The van der Waals surface area contributed by atoms with Gasteiger partial charge in [-0.15, -0.1) is 0 Å². The van der Waals surface area contributed by atoms with E-state index in [2.05, 4.69) is 0 Å². The second-order valence-corrected chi connectivity index (χ2v) is 6.63. The van der Waals surface area contributed by atoms with E-state index in [0.29, 0.717) is 4.90 Å². The molecule has 0 aliphatic carbocycles. The Morgan fingerprint density at radius 3 is 1.67 bits per heavy atom. The largest absolute Gasteiger partial charge is 0.224 e. The van der Waals surface area contributed by atoms with Gasteiger partial charge < -0.3 is 0 Å². The molecule has 0 atom stereocenters. The van der Waals surface area contributed by atoms with E-state index in [-0.39, 0.29) is 0 Å². The number of aryl methyl sites for hydroxylation is 2. The van der Waals surface area contributed by atoms with Crippen molar-refractivity contribution in [1.82, 2.24) is 0 Å². The molecule has 0 fully saturated rings. The van der Waals surface area contributed by atoms with Crippen LogP contribution in [0.5, 0.6) is 0 Å². The molecule has 0 saturated carbocycles. The minimum absolute atomic E-state index is 0.424. The van der Waals surface area contributed by atoms with Gasteiger partial charge in [0.05, 0.1) is 4.90 Å². The molecule has 120 valence electrons. The molecule has 0 aliphatic heterocycles. The molecule has 0 bridgehead atoms. The van der Waals surface area contributed by atoms with Crippen LogP contribution in [0.2, 0.25) is 0 Å². The summed E-state index contributed by atoms with van der Waals surface area (Å²) in [6.45, 7) is 11.8. The summed E-state index contributed by atoms with van der Waals surface area (Å²) in [5, 5.41) is 4.08.